The molecule has 1 N–H and O–H groups in total. The Hall–Kier alpha value is -2.27. The molecule has 0 saturated carbocycles. The van der Waals surface area contributed by atoms with Gasteiger partial charge < -0.3 is 5.11 Å². The lowest BCUT2D eigenvalue weighted by Crippen LogP contribution is -1.98. The van der Waals surface area contributed by atoms with Crippen LogP contribution in [0.25, 0.3) is 0 Å². The molecular weight excluding hydrogens is 222 g/mol. The summed E-state index contributed by atoms with van der Waals surface area (Å²) in [6.45, 7) is 3.86. The van der Waals surface area contributed by atoms with Gasteiger partial charge in [0, 0.05) is 0 Å². The van der Waals surface area contributed by atoms with E-state index in [4.69, 9.17) is 0 Å². The Bertz CT molecular complexity index is 593. The highest BCUT2D eigenvalue weighted by molar-refractivity contribution is 5.43. The molecule has 0 aliphatic heterocycles. The van der Waals surface area contributed by atoms with Gasteiger partial charge in [-0.15, -0.1) is 0 Å². The lowest BCUT2D eigenvalue weighted by Gasteiger charge is -2.11. The molecule has 90 valence electrons. The van der Waals surface area contributed by atoms with Gasteiger partial charge in [-0.3, -0.25) is 0 Å². The van der Waals surface area contributed by atoms with Crippen LogP contribution in [0, 0.1) is 25.2 Å². The van der Waals surface area contributed by atoms with Gasteiger partial charge in [-0.2, -0.15) is 5.26 Å². The van der Waals surface area contributed by atoms with Crippen molar-refractivity contribution in [2.45, 2.75) is 19.8 Å². The number of rotatable bonds is 2. The number of phenols is 1. The van der Waals surface area contributed by atoms with Crippen LogP contribution in [0.1, 0.15) is 28.2 Å². The summed E-state index contributed by atoms with van der Waals surface area (Å²) >= 11 is 0. The van der Waals surface area contributed by atoms with Crippen molar-refractivity contribution in [3.05, 3.63) is 64.7 Å². The zero-order valence-electron chi connectivity index (χ0n) is 10.5. The average molecular weight is 237 g/mol. The van der Waals surface area contributed by atoms with Crippen molar-refractivity contribution in [1.82, 2.24) is 0 Å². The second kappa shape index (κ2) is 4.93. The van der Waals surface area contributed by atoms with Gasteiger partial charge in [0.1, 0.15) is 5.75 Å². The Morgan fingerprint density at radius 1 is 1.00 bits per heavy atom. The molecule has 0 aliphatic rings. The Morgan fingerprint density at radius 3 is 2.17 bits per heavy atom. The van der Waals surface area contributed by atoms with Crippen molar-refractivity contribution in [3.63, 3.8) is 0 Å². The minimum absolute atomic E-state index is 0.263. The summed E-state index contributed by atoms with van der Waals surface area (Å²) in [6, 6.07) is 15.6. The second-order valence-electron chi connectivity index (χ2n) is 4.52. The number of aromatic hydroxyl groups is 1. The van der Waals surface area contributed by atoms with Crippen molar-refractivity contribution < 1.29 is 5.11 Å². The molecule has 0 aromatic heterocycles. The van der Waals surface area contributed by atoms with E-state index in [0.29, 0.717) is 0 Å². The average Bonchev–Trinajstić information content (AvgIpc) is 2.37. The maximum absolute atomic E-state index is 9.52. The molecule has 0 bridgehead atoms. The number of phenolic OH excluding ortho intramolecular Hbond substituents is 1. The van der Waals surface area contributed by atoms with Crippen LogP contribution in [0.5, 0.6) is 5.75 Å². The Kier molecular flexibility index (Phi) is 3.34. The zero-order chi connectivity index (χ0) is 13.1. The number of hydrogen-bond donors (Lipinski definition) is 1. The lowest BCUT2D eigenvalue weighted by molar-refractivity contribution is 0.471. The van der Waals surface area contributed by atoms with Crippen LogP contribution in [0.3, 0.4) is 0 Å². The van der Waals surface area contributed by atoms with E-state index >= 15 is 0 Å². The molecule has 0 radical (unpaired) electrons. The Labute approximate surface area is 107 Å². The van der Waals surface area contributed by atoms with Crippen LogP contribution < -0.4 is 0 Å². The van der Waals surface area contributed by atoms with Gasteiger partial charge in [0.15, 0.2) is 0 Å². The SMILES string of the molecule is Cc1ccc(C(C#N)c2ccc(O)c(C)c2)cc1. The van der Waals surface area contributed by atoms with Crippen LogP contribution in [0.4, 0.5) is 0 Å². The first-order valence-corrected chi connectivity index (χ1v) is 5.87. The van der Waals surface area contributed by atoms with Crippen molar-refractivity contribution in [1.29, 1.82) is 5.26 Å². The smallest absolute Gasteiger partial charge is 0.118 e. The molecule has 2 nitrogen and oxygen atoms in total. The van der Waals surface area contributed by atoms with E-state index in [1.807, 2.05) is 44.2 Å². The number of aryl methyl sites for hydroxylation is 2. The Morgan fingerprint density at radius 2 is 1.61 bits per heavy atom. The zero-order valence-corrected chi connectivity index (χ0v) is 10.5. The third kappa shape index (κ3) is 2.36. The van der Waals surface area contributed by atoms with Crippen molar-refractivity contribution in [3.8, 4) is 11.8 Å². The fraction of sp³-hybridized carbons (Fsp3) is 0.188. The van der Waals surface area contributed by atoms with E-state index in [-0.39, 0.29) is 11.7 Å². The minimum atomic E-state index is -0.287. The molecule has 0 spiro atoms. The first kappa shape index (κ1) is 12.2. The first-order chi connectivity index (χ1) is 8.61. The molecule has 2 rings (SSSR count). The van der Waals surface area contributed by atoms with Crippen LogP contribution in [0.2, 0.25) is 0 Å². The highest BCUT2D eigenvalue weighted by atomic mass is 16.3. The van der Waals surface area contributed by atoms with E-state index in [1.165, 1.54) is 5.56 Å². The monoisotopic (exact) mass is 237 g/mol. The van der Waals surface area contributed by atoms with Crippen molar-refractivity contribution >= 4 is 0 Å². The van der Waals surface area contributed by atoms with Gasteiger partial charge in [0.05, 0.1) is 12.0 Å². The predicted molar refractivity (Wildman–Crippen MR) is 71.5 cm³/mol. The molecule has 1 unspecified atom stereocenters. The number of hydrogen-bond acceptors (Lipinski definition) is 2. The molecule has 2 heteroatoms. The van der Waals surface area contributed by atoms with Crippen LogP contribution in [0.15, 0.2) is 42.5 Å². The van der Waals surface area contributed by atoms with E-state index in [9.17, 15) is 10.4 Å². The minimum Gasteiger partial charge on any atom is -0.508 e. The highest BCUT2D eigenvalue weighted by Gasteiger charge is 2.13. The fourth-order valence-electron chi connectivity index (χ4n) is 1.96. The van der Waals surface area contributed by atoms with Crippen molar-refractivity contribution in [2.75, 3.05) is 0 Å². The van der Waals surface area contributed by atoms with Gasteiger partial charge in [0.25, 0.3) is 0 Å². The van der Waals surface area contributed by atoms with Gasteiger partial charge in [-0.25, -0.2) is 0 Å². The molecule has 0 aliphatic carbocycles. The molecule has 0 amide bonds. The summed E-state index contributed by atoms with van der Waals surface area (Å²) in [6.07, 6.45) is 0. The van der Waals surface area contributed by atoms with Crippen LogP contribution in [-0.2, 0) is 0 Å². The second-order valence-corrected chi connectivity index (χ2v) is 4.52. The normalized spacial score (nSPS) is 11.8. The van der Waals surface area contributed by atoms with Gasteiger partial charge >= 0.3 is 0 Å². The topological polar surface area (TPSA) is 44.0 Å². The molecule has 2 aromatic carbocycles. The molecule has 0 fully saturated rings. The third-order valence-corrected chi connectivity index (χ3v) is 3.09. The molecule has 0 saturated heterocycles. The molecule has 2 aromatic rings. The van der Waals surface area contributed by atoms with E-state index < -0.39 is 0 Å². The van der Waals surface area contributed by atoms with Gasteiger partial charge in [0.2, 0.25) is 0 Å². The Balaban J connectivity index is 2.42. The number of nitrogens with zero attached hydrogens (tertiary/aromatic N) is 1. The van der Waals surface area contributed by atoms with E-state index in [2.05, 4.69) is 6.07 Å². The largest absolute Gasteiger partial charge is 0.508 e. The third-order valence-electron chi connectivity index (χ3n) is 3.09. The lowest BCUT2D eigenvalue weighted by atomic mass is 9.91. The predicted octanol–water partition coefficient (Wildman–Crippen LogP) is 3.66. The summed E-state index contributed by atoms with van der Waals surface area (Å²) in [5, 5.41) is 18.9. The summed E-state index contributed by atoms with van der Waals surface area (Å²) in [4.78, 5) is 0. The molecule has 1 atom stereocenters. The fourth-order valence-corrected chi connectivity index (χ4v) is 1.96. The highest BCUT2D eigenvalue weighted by Crippen LogP contribution is 2.27. The summed E-state index contributed by atoms with van der Waals surface area (Å²) in [7, 11) is 0. The number of benzene rings is 2. The molecular formula is C16H15NO. The maximum Gasteiger partial charge on any atom is 0.118 e. The summed E-state index contributed by atoms with van der Waals surface area (Å²) in [5.74, 6) is -0.0238. The summed E-state index contributed by atoms with van der Waals surface area (Å²) in [5.41, 5.74) is 3.86. The van der Waals surface area contributed by atoms with Crippen LogP contribution in [-0.4, -0.2) is 5.11 Å². The molecule has 18 heavy (non-hydrogen) atoms. The van der Waals surface area contributed by atoms with Crippen LogP contribution >= 0.6 is 0 Å². The van der Waals surface area contributed by atoms with Crippen molar-refractivity contribution in [2.24, 2.45) is 0 Å². The maximum atomic E-state index is 9.52. The number of nitriles is 1. The van der Waals surface area contributed by atoms with E-state index in [1.54, 1.807) is 12.1 Å². The van der Waals surface area contributed by atoms with Gasteiger partial charge in [-0.1, -0.05) is 42.0 Å². The van der Waals surface area contributed by atoms with E-state index in [0.717, 1.165) is 16.7 Å². The summed E-state index contributed by atoms with van der Waals surface area (Å²) < 4.78 is 0. The standard InChI is InChI=1S/C16H15NO/c1-11-3-5-13(6-4-11)15(10-17)14-7-8-16(18)12(2)9-14/h3-9,15,18H,1-2H3. The quantitative estimate of drug-likeness (QED) is 0.866. The molecule has 0 heterocycles. The van der Waals surface area contributed by atoms with Gasteiger partial charge in [-0.05, 0) is 36.6 Å². The first-order valence-electron chi connectivity index (χ1n) is 5.87.